The van der Waals surface area contributed by atoms with E-state index in [9.17, 15) is 9.59 Å². The van der Waals surface area contributed by atoms with Gasteiger partial charge in [-0.3, -0.25) is 4.79 Å². The maximum absolute atomic E-state index is 12.7. The summed E-state index contributed by atoms with van der Waals surface area (Å²) in [5.41, 5.74) is 2.01. The first-order chi connectivity index (χ1) is 12.6. The smallest absolute Gasteiger partial charge is 0.322 e. The Hall–Kier alpha value is -2.83. The number of benzene rings is 1. The Labute approximate surface area is 152 Å². The minimum Gasteiger partial charge on any atom is -0.466 e. The molecule has 1 saturated heterocycles. The Bertz CT molecular complexity index is 772. The van der Waals surface area contributed by atoms with E-state index in [1.54, 1.807) is 18.7 Å². The van der Waals surface area contributed by atoms with Gasteiger partial charge in [-0.2, -0.15) is 0 Å². The van der Waals surface area contributed by atoms with Crippen molar-refractivity contribution in [2.24, 2.45) is 5.92 Å². The molecule has 0 bridgehead atoms. The van der Waals surface area contributed by atoms with Crippen LogP contribution in [0.15, 0.2) is 34.9 Å². The lowest BCUT2D eigenvalue weighted by molar-refractivity contribution is -0.149. The molecule has 1 aliphatic heterocycles. The summed E-state index contributed by atoms with van der Waals surface area (Å²) in [5, 5.41) is 6.97. The molecule has 1 atom stereocenters. The fourth-order valence-electron chi connectivity index (χ4n) is 3.11. The van der Waals surface area contributed by atoms with Gasteiger partial charge in [-0.1, -0.05) is 35.5 Å². The van der Waals surface area contributed by atoms with Gasteiger partial charge in [0.25, 0.3) is 0 Å². The zero-order chi connectivity index (χ0) is 18.5. The quantitative estimate of drug-likeness (QED) is 0.847. The van der Waals surface area contributed by atoms with Crippen LogP contribution in [0.3, 0.4) is 0 Å². The molecule has 2 aromatic rings. The molecule has 2 heterocycles. The summed E-state index contributed by atoms with van der Waals surface area (Å²) in [6.07, 6.45) is 1.51. The molecule has 1 N–H and O–H groups in total. The van der Waals surface area contributed by atoms with Crippen molar-refractivity contribution in [1.82, 2.24) is 10.1 Å². The molecule has 138 valence electrons. The van der Waals surface area contributed by atoms with E-state index in [0.29, 0.717) is 36.8 Å². The standard InChI is InChI=1S/C19H23N3O4/c1-3-25-18(23)15-10-7-11-22(12-15)19(24)20-16-13(2)26-21-17(16)14-8-5-4-6-9-14/h4-6,8-9,15H,3,7,10-12H2,1-2H3,(H,20,24)/t15-/m1/s1. The lowest BCUT2D eigenvalue weighted by Crippen LogP contribution is -2.44. The lowest BCUT2D eigenvalue weighted by atomic mass is 9.98. The number of anilines is 1. The molecule has 0 aliphatic carbocycles. The lowest BCUT2D eigenvalue weighted by Gasteiger charge is -2.31. The highest BCUT2D eigenvalue weighted by atomic mass is 16.5. The SMILES string of the molecule is CCOC(=O)[C@@H]1CCCN(C(=O)Nc2c(-c3ccccc3)noc2C)C1. The van der Waals surface area contributed by atoms with Gasteiger partial charge in [0, 0.05) is 18.7 Å². The van der Waals surface area contributed by atoms with Crippen LogP contribution in [-0.2, 0) is 9.53 Å². The molecule has 1 aromatic carbocycles. The summed E-state index contributed by atoms with van der Waals surface area (Å²) in [6.45, 7) is 4.85. The second-order valence-electron chi connectivity index (χ2n) is 6.30. The van der Waals surface area contributed by atoms with Crippen LogP contribution in [0.1, 0.15) is 25.5 Å². The van der Waals surface area contributed by atoms with Gasteiger partial charge in [0.05, 0.1) is 12.5 Å². The number of nitrogens with zero attached hydrogens (tertiary/aromatic N) is 2. The number of carbonyl (C=O) groups is 2. The molecule has 0 spiro atoms. The number of aromatic nitrogens is 1. The zero-order valence-corrected chi connectivity index (χ0v) is 15.0. The van der Waals surface area contributed by atoms with Crippen LogP contribution < -0.4 is 5.32 Å². The molecule has 1 aromatic heterocycles. The number of urea groups is 1. The summed E-state index contributed by atoms with van der Waals surface area (Å²) < 4.78 is 10.4. The fourth-order valence-corrected chi connectivity index (χ4v) is 3.11. The Morgan fingerprint density at radius 3 is 2.85 bits per heavy atom. The molecule has 1 fully saturated rings. The van der Waals surface area contributed by atoms with Crippen LogP contribution in [0.2, 0.25) is 0 Å². The van der Waals surface area contributed by atoms with Crippen LogP contribution in [0.25, 0.3) is 11.3 Å². The number of likely N-dealkylation sites (tertiary alicyclic amines) is 1. The van der Waals surface area contributed by atoms with E-state index in [2.05, 4.69) is 10.5 Å². The number of rotatable bonds is 4. The highest BCUT2D eigenvalue weighted by Crippen LogP contribution is 2.30. The third-order valence-corrected chi connectivity index (χ3v) is 4.47. The molecule has 0 radical (unpaired) electrons. The molecule has 2 amide bonds. The normalized spacial score (nSPS) is 17.0. The zero-order valence-electron chi connectivity index (χ0n) is 15.0. The average molecular weight is 357 g/mol. The Morgan fingerprint density at radius 1 is 1.35 bits per heavy atom. The van der Waals surface area contributed by atoms with Gasteiger partial charge >= 0.3 is 12.0 Å². The van der Waals surface area contributed by atoms with E-state index in [4.69, 9.17) is 9.26 Å². The summed E-state index contributed by atoms with van der Waals surface area (Å²) in [5.74, 6) is 0.0268. The first-order valence-corrected chi connectivity index (χ1v) is 8.84. The summed E-state index contributed by atoms with van der Waals surface area (Å²) in [7, 11) is 0. The maximum Gasteiger partial charge on any atom is 0.322 e. The largest absolute Gasteiger partial charge is 0.466 e. The number of amides is 2. The van der Waals surface area contributed by atoms with Gasteiger partial charge in [0.15, 0.2) is 5.76 Å². The van der Waals surface area contributed by atoms with E-state index in [1.807, 2.05) is 30.3 Å². The van der Waals surface area contributed by atoms with E-state index in [-0.39, 0.29) is 17.9 Å². The highest BCUT2D eigenvalue weighted by Gasteiger charge is 2.30. The molecule has 7 nitrogen and oxygen atoms in total. The topological polar surface area (TPSA) is 84.7 Å². The van der Waals surface area contributed by atoms with Gasteiger partial charge in [-0.25, -0.2) is 4.79 Å². The third-order valence-electron chi connectivity index (χ3n) is 4.47. The highest BCUT2D eigenvalue weighted by molar-refractivity contribution is 5.94. The summed E-state index contributed by atoms with van der Waals surface area (Å²) in [6, 6.07) is 9.27. The van der Waals surface area contributed by atoms with Crippen LogP contribution in [0, 0.1) is 12.8 Å². The van der Waals surface area contributed by atoms with Crippen molar-refractivity contribution < 1.29 is 18.8 Å². The Morgan fingerprint density at radius 2 is 2.12 bits per heavy atom. The molecule has 0 saturated carbocycles. The van der Waals surface area contributed by atoms with Gasteiger partial charge in [-0.05, 0) is 26.7 Å². The predicted octanol–water partition coefficient (Wildman–Crippen LogP) is 3.46. The Kier molecular flexibility index (Phi) is 5.55. The molecule has 1 aliphatic rings. The number of nitrogens with one attached hydrogen (secondary N) is 1. The number of hydrogen-bond donors (Lipinski definition) is 1. The Balaban J connectivity index is 1.72. The van der Waals surface area contributed by atoms with Crippen molar-refractivity contribution in [3.05, 3.63) is 36.1 Å². The number of piperidine rings is 1. The molecule has 7 heteroatoms. The van der Waals surface area contributed by atoms with Gasteiger partial charge in [-0.15, -0.1) is 0 Å². The van der Waals surface area contributed by atoms with Crippen molar-refractivity contribution in [3.8, 4) is 11.3 Å². The van der Waals surface area contributed by atoms with Crippen molar-refractivity contribution in [1.29, 1.82) is 0 Å². The van der Waals surface area contributed by atoms with Gasteiger partial charge in [0.1, 0.15) is 11.4 Å². The van der Waals surface area contributed by atoms with E-state index >= 15 is 0 Å². The van der Waals surface area contributed by atoms with Gasteiger partial charge < -0.3 is 19.5 Å². The second-order valence-corrected chi connectivity index (χ2v) is 6.30. The first kappa shape index (κ1) is 18.0. The van der Waals surface area contributed by atoms with Crippen molar-refractivity contribution >= 4 is 17.7 Å². The van der Waals surface area contributed by atoms with Crippen molar-refractivity contribution in [3.63, 3.8) is 0 Å². The summed E-state index contributed by atoms with van der Waals surface area (Å²) >= 11 is 0. The van der Waals surface area contributed by atoms with Crippen LogP contribution in [-0.4, -0.2) is 41.8 Å². The maximum atomic E-state index is 12.7. The fraction of sp³-hybridized carbons (Fsp3) is 0.421. The van der Waals surface area contributed by atoms with E-state index in [0.717, 1.165) is 18.4 Å². The number of ether oxygens (including phenoxy) is 1. The van der Waals surface area contributed by atoms with Crippen LogP contribution in [0.5, 0.6) is 0 Å². The number of hydrogen-bond acceptors (Lipinski definition) is 5. The van der Waals surface area contributed by atoms with Crippen LogP contribution >= 0.6 is 0 Å². The third kappa shape index (κ3) is 3.87. The molecular weight excluding hydrogens is 334 g/mol. The van der Waals surface area contributed by atoms with Gasteiger partial charge in [0.2, 0.25) is 0 Å². The van der Waals surface area contributed by atoms with E-state index < -0.39 is 0 Å². The second kappa shape index (κ2) is 8.03. The molecule has 0 unspecified atom stereocenters. The number of carbonyl (C=O) groups excluding carboxylic acids is 2. The monoisotopic (exact) mass is 357 g/mol. The predicted molar refractivity (Wildman–Crippen MR) is 96.6 cm³/mol. The van der Waals surface area contributed by atoms with E-state index in [1.165, 1.54) is 0 Å². The van der Waals surface area contributed by atoms with Crippen molar-refractivity contribution in [2.75, 3.05) is 25.0 Å². The number of esters is 1. The number of aryl methyl sites for hydroxylation is 1. The first-order valence-electron chi connectivity index (χ1n) is 8.84. The van der Waals surface area contributed by atoms with Crippen LogP contribution in [0.4, 0.5) is 10.5 Å². The minimum atomic E-state index is -0.272. The van der Waals surface area contributed by atoms with Crippen molar-refractivity contribution in [2.45, 2.75) is 26.7 Å². The molecular formula is C19H23N3O4. The minimum absolute atomic E-state index is 0.240. The molecule has 26 heavy (non-hydrogen) atoms. The molecule has 3 rings (SSSR count). The summed E-state index contributed by atoms with van der Waals surface area (Å²) in [4.78, 5) is 26.3. The average Bonchev–Trinajstić information content (AvgIpc) is 3.03.